The zero-order valence-electron chi connectivity index (χ0n) is 7.54. The molecule has 0 aromatic rings. The van der Waals surface area contributed by atoms with E-state index in [0.29, 0.717) is 26.0 Å². The minimum atomic E-state index is -0.275. The number of halogens is 1. The summed E-state index contributed by atoms with van der Waals surface area (Å²) in [5, 5.41) is 2.83. The first-order chi connectivity index (χ1) is 5.74. The number of hydrogen-bond acceptors (Lipinski definition) is 4. The van der Waals surface area contributed by atoms with E-state index in [9.17, 15) is 9.59 Å². The number of hydrogen-bond donors (Lipinski definition) is 1. The summed E-state index contributed by atoms with van der Waals surface area (Å²) in [5.41, 5.74) is 0. The molecule has 0 radical (unpaired) electrons. The van der Waals surface area contributed by atoms with Crippen molar-refractivity contribution in [3.63, 3.8) is 0 Å². The molecule has 76 valence electrons. The van der Waals surface area contributed by atoms with Crippen LogP contribution in [-0.4, -0.2) is 30.9 Å². The highest BCUT2D eigenvalue weighted by atomic mass is 35.5. The number of carbonyl (C=O) groups excluding carboxylic acids is 2. The van der Waals surface area contributed by atoms with E-state index in [2.05, 4.69) is 5.32 Å². The van der Waals surface area contributed by atoms with Crippen LogP contribution in [0.1, 0.15) is 19.8 Å². The third-order valence-corrected chi connectivity index (χ3v) is 1.83. The van der Waals surface area contributed by atoms with Gasteiger partial charge in [-0.25, -0.2) is 0 Å². The SMILES string of the molecule is CCOC(=O)[C@@H]1CCC(=O)CN1.Cl. The lowest BCUT2D eigenvalue weighted by molar-refractivity contribution is -0.146. The molecule has 0 aromatic heterocycles. The van der Waals surface area contributed by atoms with Gasteiger partial charge in [0.1, 0.15) is 11.8 Å². The van der Waals surface area contributed by atoms with E-state index in [-0.39, 0.29) is 30.2 Å². The average Bonchev–Trinajstić information content (AvgIpc) is 2.06. The fourth-order valence-corrected chi connectivity index (χ4v) is 1.18. The summed E-state index contributed by atoms with van der Waals surface area (Å²) in [4.78, 5) is 21.9. The highest BCUT2D eigenvalue weighted by Crippen LogP contribution is 2.05. The Morgan fingerprint density at radius 1 is 1.69 bits per heavy atom. The van der Waals surface area contributed by atoms with Crippen molar-refractivity contribution in [2.75, 3.05) is 13.2 Å². The van der Waals surface area contributed by atoms with E-state index in [1.165, 1.54) is 0 Å². The lowest BCUT2D eigenvalue weighted by Gasteiger charge is -2.20. The highest BCUT2D eigenvalue weighted by Gasteiger charge is 2.24. The molecule has 1 atom stereocenters. The number of ketones is 1. The van der Waals surface area contributed by atoms with Gasteiger partial charge in [0.25, 0.3) is 0 Å². The van der Waals surface area contributed by atoms with E-state index < -0.39 is 0 Å². The van der Waals surface area contributed by atoms with Crippen molar-refractivity contribution in [3.05, 3.63) is 0 Å². The Morgan fingerprint density at radius 2 is 2.38 bits per heavy atom. The fourth-order valence-electron chi connectivity index (χ4n) is 1.18. The average molecular weight is 208 g/mol. The molecular formula is C8H14ClNO3. The minimum Gasteiger partial charge on any atom is -0.465 e. The van der Waals surface area contributed by atoms with Gasteiger partial charge in [-0.05, 0) is 13.3 Å². The van der Waals surface area contributed by atoms with Crippen molar-refractivity contribution < 1.29 is 14.3 Å². The molecule has 1 N–H and O–H groups in total. The first-order valence-corrected chi connectivity index (χ1v) is 4.15. The van der Waals surface area contributed by atoms with Gasteiger partial charge in [0.05, 0.1) is 13.2 Å². The molecule has 1 heterocycles. The number of esters is 1. The summed E-state index contributed by atoms with van der Waals surface area (Å²) >= 11 is 0. The maximum Gasteiger partial charge on any atom is 0.323 e. The molecule has 0 aliphatic carbocycles. The van der Waals surface area contributed by atoms with Crippen molar-refractivity contribution in [2.45, 2.75) is 25.8 Å². The maximum atomic E-state index is 11.1. The maximum absolute atomic E-state index is 11.1. The molecule has 0 bridgehead atoms. The molecule has 1 fully saturated rings. The molecule has 0 aromatic carbocycles. The number of Topliss-reactive ketones (excluding diaryl/α,β-unsaturated/α-hetero) is 1. The van der Waals surface area contributed by atoms with Gasteiger partial charge in [0.15, 0.2) is 0 Å². The third kappa shape index (κ3) is 3.74. The van der Waals surface area contributed by atoms with Gasteiger partial charge in [-0.15, -0.1) is 12.4 Å². The fraction of sp³-hybridized carbons (Fsp3) is 0.750. The number of ether oxygens (including phenoxy) is 1. The van der Waals surface area contributed by atoms with Crippen molar-refractivity contribution in [1.82, 2.24) is 5.32 Å². The first-order valence-electron chi connectivity index (χ1n) is 4.15. The zero-order chi connectivity index (χ0) is 8.97. The van der Waals surface area contributed by atoms with Crippen LogP contribution in [0.25, 0.3) is 0 Å². The van der Waals surface area contributed by atoms with Crippen molar-refractivity contribution in [1.29, 1.82) is 0 Å². The van der Waals surface area contributed by atoms with Crippen LogP contribution < -0.4 is 5.32 Å². The minimum absolute atomic E-state index is 0. The molecule has 0 saturated carbocycles. The highest BCUT2D eigenvalue weighted by molar-refractivity contribution is 5.85. The van der Waals surface area contributed by atoms with E-state index in [1.807, 2.05) is 0 Å². The van der Waals surface area contributed by atoms with Crippen LogP contribution in [0.15, 0.2) is 0 Å². The Hall–Kier alpha value is -0.610. The number of carbonyl (C=O) groups is 2. The van der Waals surface area contributed by atoms with Gasteiger partial charge >= 0.3 is 5.97 Å². The molecule has 0 amide bonds. The van der Waals surface area contributed by atoms with E-state index in [1.54, 1.807) is 6.92 Å². The molecule has 1 rings (SSSR count). The van der Waals surface area contributed by atoms with Gasteiger partial charge < -0.3 is 4.74 Å². The summed E-state index contributed by atoms with van der Waals surface area (Å²) in [6, 6.07) is -0.275. The number of rotatable bonds is 2. The predicted molar refractivity (Wildman–Crippen MR) is 49.9 cm³/mol. The Balaban J connectivity index is 0.00000144. The lowest BCUT2D eigenvalue weighted by Crippen LogP contribution is -2.45. The summed E-state index contributed by atoms with van der Waals surface area (Å²) < 4.78 is 4.80. The van der Waals surface area contributed by atoms with E-state index in [0.717, 1.165) is 0 Å². The van der Waals surface area contributed by atoms with Crippen LogP contribution in [0.4, 0.5) is 0 Å². The predicted octanol–water partition coefficient (Wildman–Crippen LogP) is 0.292. The van der Waals surface area contributed by atoms with Gasteiger partial charge in [-0.3, -0.25) is 14.9 Å². The molecule has 4 nitrogen and oxygen atoms in total. The summed E-state index contributed by atoms with van der Waals surface area (Å²) in [5.74, 6) is -0.0828. The molecule has 1 aliphatic rings. The Bertz CT molecular complexity index is 186. The van der Waals surface area contributed by atoms with E-state index >= 15 is 0 Å². The molecule has 5 heteroatoms. The Labute approximate surface area is 83.4 Å². The second-order valence-corrected chi connectivity index (χ2v) is 2.76. The van der Waals surface area contributed by atoms with Gasteiger partial charge in [0, 0.05) is 6.42 Å². The van der Waals surface area contributed by atoms with Gasteiger partial charge in [-0.2, -0.15) is 0 Å². The molecule has 13 heavy (non-hydrogen) atoms. The number of nitrogens with one attached hydrogen (secondary N) is 1. The summed E-state index contributed by atoms with van der Waals surface area (Å²) in [7, 11) is 0. The van der Waals surface area contributed by atoms with Crippen LogP contribution in [0.3, 0.4) is 0 Å². The van der Waals surface area contributed by atoms with Crippen LogP contribution in [0.5, 0.6) is 0 Å². The van der Waals surface area contributed by atoms with Crippen LogP contribution in [0, 0.1) is 0 Å². The third-order valence-electron chi connectivity index (χ3n) is 1.83. The molecule has 0 spiro atoms. The summed E-state index contributed by atoms with van der Waals surface area (Å²) in [6.07, 6.45) is 1.05. The van der Waals surface area contributed by atoms with Crippen molar-refractivity contribution in [2.24, 2.45) is 0 Å². The van der Waals surface area contributed by atoms with Crippen LogP contribution in [-0.2, 0) is 14.3 Å². The summed E-state index contributed by atoms with van der Waals surface area (Å²) in [6.45, 7) is 2.46. The topological polar surface area (TPSA) is 55.4 Å². The van der Waals surface area contributed by atoms with E-state index in [4.69, 9.17) is 4.74 Å². The number of piperidine rings is 1. The van der Waals surface area contributed by atoms with Gasteiger partial charge in [-0.1, -0.05) is 0 Å². The smallest absolute Gasteiger partial charge is 0.323 e. The normalized spacial score (nSPS) is 21.9. The van der Waals surface area contributed by atoms with Crippen molar-refractivity contribution >= 4 is 24.2 Å². The largest absolute Gasteiger partial charge is 0.465 e. The van der Waals surface area contributed by atoms with Crippen molar-refractivity contribution in [3.8, 4) is 0 Å². The molecule has 1 saturated heterocycles. The zero-order valence-corrected chi connectivity index (χ0v) is 8.36. The second-order valence-electron chi connectivity index (χ2n) is 2.76. The molecule has 1 aliphatic heterocycles. The Morgan fingerprint density at radius 3 is 2.85 bits per heavy atom. The molecule has 0 unspecified atom stereocenters. The van der Waals surface area contributed by atoms with Gasteiger partial charge in [0.2, 0.25) is 0 Å². The monoisotopic (exact) mass is 207 g/mol. The second kappa shape index (κ2) is 5.94. The standard InChI is InChI=1S/C8H13NO3.ClH/c1-2-12-8(11)7-4-3-6(10)5-9-7;/h7,9H,2-5H2,1H3;1H/t7-;/m0./s1. The Kier molecular flexibility index (Phi) is 5.66. The first kappa shape index (κ1) is 12.4. The lowest BCUT2D eigenvalue weighted by atomic mass is 10.0. The van der Waals surface area contributed by atoms with Crippen LogP contribution >= 0.6 is 12.4 Å². The quantitative estimate of drug-likeness (QED) is 0.662. The van der Waals surface area contributed by atoms with Crippen LogP contribution in [0.2, 0.25) is 0 Å². The molecular weight excluding hydrogens is 194 g/mol.